The van der Waals surface area contributed by atoms with Gasteiger partial charge in [0.15, 0.2) is 0 Å². The van der Waals surface area contributed by atoms with Gasteiger partial charge in [-0.15, -0.1) is 0 Å². The SMILES string of the molecule is CN1CCCC(NC(=O)NCC2CNC2)C1. The molecule has 0 radical (unpaired) electrons. The van der Waals surface area contributed by atoms with Gasteiger partial charge in [-0.25, -0.2) is 4.79 Å². The highest BCUT2D eigenvalue weighted by atomic mass is 16.2. The molecule has 16 heavy (non-hydrogen) atoms. The predicted octanol–water partition coefficient (Wildman–Crippen LogP) is -0.401. The average molecular weight is 226 g/mol. The van der Waals surface area contributed by atoms with E-state index in [1.54, 1.807) is 0 Å². The standard InChI is InChI=1S/C11H22N4O/c1-15-4-2-3-10(8-15)14-11(16)13-7-9-5-12-6-9/h9-10,12H,2-8H2,1H3,(H2,13,14,16). The molecule has 2 heterocycles. The number of hydrogen-bond acceptors (Lipinski definition) is 3. The first-order valence-corrected chi connectivity index (χ1v) is 6.17. The molecule has 5 nitrogen and oxygen atoms in total. The van der Waals surface area contributed by atoms with Crippen LogP contribution < -0.4 is 16.0 Å². The number of urea groups is 1. The fourth-order valence-electron chi connectivity index (χ4n) is 2.25. The Morgan fingerprint density at radius 1 is 1.50 bits per heavy atom. The van der Waals surface area contributed by atoms with Gasteiger partial charge in [-0.1, -0.05) is 0 Å². The number of nitrogens with zero attached hydrogens (tertiary/aromatic N) is 1. The van der Waals surface area contributed by atoms with E-state index in [9.17, 15) is 4.79 Å². The summed E-state index contributed by atoms with van der Waals surface area (Å²) in [6.07, 6.45) is 2.27. The zero-order valence-corrected chi connectivity index (χ0v) is 9.96. The number of carbonyl (C=O) groups excluding carboxylic acids is 1. The van der Waals surface area contributed by atoms with Gasteiger partial charge < -0.3 is 20.9 Å². The van der Waals surface area contributed by atoms with E-state index < -0.39 is 0 Å². The van der Waals surface area contributed by atoms with E-state index >= 15 is 0 Å². The zero-order chi connectivity index (χ0) is 11.4. The van der Waals surface area contributed by atoms with Gasteiger partial charge in [0, 0.05) is 38.1 Å². The topological polar surface area (TPSA) is 56.4 Å². The number of amides is 2. The zero-order valence-electron chi connectivity index (χ0n) is 9.96. The number of hydrogen-bond donors (Lipinski definition) is 3. The van der Waals surface area contributed by atoms with Crippen LogP contribution in [-0.4, -0.2) is 56.7 Å². The van der Waals surface area contributed by atoms with Crippen LogP contribution in [-0.2, 0) is 0 Å². The van der Waals surface area contributed by atoms with E-state index in [0.717, 1.165) is 39.1 Å². The third-order valence-electron chi connectivity index (χ3n) is 3.38. The Bertz CT molecular complexity index is 242. The van der Waals surface area contributed by atoms with Crippen LogP contribution in [0.25, 0.3) is 0 Å². The van der Waals surface area contributed by atoms with Gasteiger partial charge in [0.25, 0.3) is 0 Å². The molecule has 2 amide bonds. The van der Waals surface area contributed by atoms with Gasteiger partial charge in [-0.05, 0) is 26.4 Å². The Morgan fingerprint density at radius 3 is 2.94 bits per heavy atom. The van der Waals surface area contributed by atoms with Crippen LogP contribution >= 0.6 is 0 Å². The van der Waals surface area contributed by atoms with Crippen LogP contribution in [0.3, 0.4) is 0 Å². The van der Waals surface area contributed by atoms with Crippen LogP contribution in [0, 0.1) is 5.92 Å². The second-order valence-corrected chi connectivity index (χ2v) is 4.98. The van der Waals surface area contributed by atoms with Crippen molar-refractivity contribution >= 4 is 6.03 Å². The Balaban J connectivity index is 1.61. The van der Waals surface area contributed by atoms with Crippen molar-refractivity contribution in [3.8, 4) is 0 Å². The number of likely N-dealkylation sites (N-methyl/N-ethyl adjacent to an activating group) is 1. The Hall–Kier alpha value is -0.810. The minimum Gasteiger partial charge on any atom is -0.338 e. The van der Waals surface area contributed by atoms with Gasteiger partial charge in [-0.3, -0.25) is 0 Å². The molecular weight excluding hydrogens is 204 g/mol. The van der Waals surface area contributed by atoms with Crippen molar-refractivity contribution in [2.75, 3.05) is 39.8 Å². The van der Waals surface area contributed by atoms with Crippen molar-refractivity contribution in [2.45, 2.75) is 18.9 Å². The minimum absolute atomic E-state index is 0.00722. The van der Waals surface area contributed by atoms with Crippen molar-refractivity contribution in [3.63, 3.8) is 0 Å². The lowest BCUT2D eigenvalue weighted by molar-refractivity contribution is 0.206. The largest absolute Gasteiger partial charge is 0.338 e. The molecule has 0 aromatic heterocycles. The number of carbonyl (C=O) groups is 1. The van der Waals surface area contributed by atoms with E-state index in [1.807, 2.05) is 0 Å². The van der Waals surface area contributed by atoms with Crippen LogP contribution in [0.2, 0.25) is 0 Å². The van der Waals surface area contributed by atoms with Crippen molar-refractivity contribution in [3.05, 3.63) is 0 Å². The summed E-state index contributed by atoms with van der Waals surface area (Å²) in [5, 5.41) is 9.17. The summed E-state index contributed by atoms with van der Waals surface area (Å²) in [4.78, 5) is 13.9. The number of rotatable bonds is 3. The maximum atomic E-state index is 11.6. The molecule has 2 aliphatic rings. The molecule has 0 aromatic rings. The van der Waals surface area contributed by atoms with Gasteiger partial charge in [0.05, 0.1) is 0 Å². The highest BCUT2D eigenvalue weighted by molar-refractivity contribution is 5.74. The average Bonchev–Trinajstić information content (AvgIpc) is 2.15. The molecular formula is C11H22N4O. The molecule has 1 unspecified atom stereocenters. The Kier molecular flexibility index (Phi) is 4.01. The van der Waals surface area contributed by atoms with E-state index in [1.165, 1.54) is 6.42 Å². The number of piperidine rings is 1. The smallest absolute Gasteiger partial charge is 0.315 e. The van der Waals surface area contributed by atoms with E-state index in [-0.39, 0.29) is 6.03 Å². The van der Waals surface area contributed by atoms with E-state index in [0.29, 0.717) is 12.0 Å². The summed E-state index contributed by atoms with van der Waals surface area (Å²) >= 11 is 0. The molecule has 2 aliphatic heterocycles. The molecule has 2 fully saturated rings. The lowest BCUT2D eigenvalue weighted by atomic mass is 10.0. The molecule has 2 rings (SSSR count). The molecule has 5 heteroatoms. The Morgan fingerprint density at radius 2 is 2.31 bits per heavy atom. The van der Waals surface area contributed by atoms with Crippen LogP contribution in [0.1, 0.15) is 12.8 Å². The van der Waals surface area contributed by atoms with Crippen molar-refractivity contribution in [1.29, 1.82) is 0 Å². The van der Waals surface area contributed by atoms with Crippen LogP contribution in [0.15, 0.2) is 0 Å². The maximum Gasteiger partial charge on any atom is 0.315 e. The quantitative estimate of drug-likeness (QED) is 0.614. The molecule has 0 bridgehead atoms. The van der Waals surface area contributed by atoms with E-state index in [2.05, 4.69) is 27.9 Å². The van der Waals surface area contributed by atoms with Crippen LogP contribution in [0.4, 0.5) is 4.79 Å². The Labute approximate surface area is 96.9 Å². The lowest BCUT2D eigenvalue weighted by Gasteiger charge is -2.31. The summed E-state index contributed by atoms with van der Waals surface area (Å²) < 4.78 is 0. The highest BCUT2D eigenvalue weighted by Gasteiger charge is 2.20. The normalized spacial score (nSPS) is 27.2. The van der Waals surface area contributed by atoms with Crippen LogP contribution in [0.5, 0.6) is 0 Å². The molecule has 0 spiro atoms. The molecule has 1 atom stereocenters. The second-order valence-electron chi connectivity index (χ2n) is 4.98. The molecule has 92 valence electrons. The van der Waals surface area contributed by atoms with E-state index in [4.69, 9.17) is 0 Å². The maximum absolute atomic E-state index is 11.6. The molecule has 0 aliphatic carbocycles. The second kappa shape index (κ2) is 5.50. The summed E-state index contributed by atoms with van der Waals surface area (Å²) in [6, 6.07) is 0.311. The monoisotopic (exact) mass is 226 g/mol. The van der Waals surface area contributed by atoms with Gasteiger partial charge >= 0.3 is 6.03 Å². The minimum atomic E-state index is -0.00722. The first kappa shape index (κ1) is 11.7. The molecule has 2 saturated heterocycles. The first-order valence-electron chi connectivity index (χ1n) is 6.17. The molecule has 0 aromatic carbocycles. The van der Waals surface area contributed by atoms with Gasteiger partial charge in [0.2, 0.25) is 0 Å². The molecule has 3 N–H and O–H groups in total. The number of likely N-dealkylation sites (tertiary alicyclic amines) is 1. The predicted molar refractivity (Wildman–Crippen MR) is 63.4 cm³/mol. The van der Waals surface area contributed by atoms with Gasteiger partial charge in [-0.2, -0.15) is 0 Å². The fourth-order valence-corrected chi connectivity index (χ4v) is 2.25. The highest BCUT2D eigenvalue weighted by Crippen LogP contribution is 2.07. The van der Waals surface area contributed by atoms with Crippen molar-refractivity contribution < 1.29 is 4.79 Å². The van der Waals surface area contributed by atoms with Gasteiger partial charge in [0.1, 0.15) is 0 Å². The third-order valence-corrected chi connectivity index (χ3v) is 3.38. The first-order chi connectivity index (χ1) is 7.74. The lowest BCUT2D eigenvalue weighted by Crippen LogP contribution is -2.53. The summed E-state index contributed by atoms with van der Waals surface area (Å²) in [7, 11) is 2.10. The fraction of sp³-hybridized carbons (Fsp3) is 0.909. The summed E-state index contributed by atoms with van der Waals surface area (Å²) in [5.41, 5.74) is 0. The molecule has 0 saturated carbocycles. The van der Waals surface area contributed by atoms with Crippen molar-refractivity contribution in [2.24, 2.45) is 5.92 Å². The summed E-state index contributed by atoms with van der Waals surface area (Å²) in [6.45, 7) is 4.98. The number of nitrogens with one attached hydrogen (secondary N) is 3. The van der Waals surface area contributed by atoms with Crippen molar-refractivity contribution in [1.82, 2.24) is 20.9 Å². The summed E-state index contributed by atoms with van der Waals surface area (Å²) in [5.74, 6) is 0.625. The third kappa shape index (κ3) is 3.35.